The van der Waals surface area contributed by atoms with Gasteiger partial charge >= 0.3 is 0 Å². The molecule has 0 fully saturated rings. The van der Waals surface area contributed by atoms with Crippen LogP contribution in [0.25, 0.3) is 0 Å². The fraction of sp³-hybridized carbons (Fsp3) is 0.533. The van der Waals surface area contributed by atoms with E-state index in [9.17, 15) is 4.79 Å². The van der Waals surface area contributed by atoms with Crippen LogP contribution in [0.2, 0.25) is 0 Å². The number of Topliss-reactive ketones (excluding diaryl/α,β-unsaturated/α-hetero) is 1. The minimum Gasteiger partial charge on any atom is -0.320 e. The molecule has 0 amide bonds. The molecule has 0 bridgehead atoms. The second kappa shape index (κ2) is 7.23. The van der Waals surface area contributed by atoms with E-state index in [0.29, 0.717) is 12.3 Å². The Labute approximate surface area is 104 Å². The molecule has 17 heavy (non-hydrogen) atoms. The lowest BCUT2D eigenvalue weighted by molar-refractivity contribution is 0.0980. The van der Waals surface area contributed by atoms with Crippen molar-refractivity contribution in [1.82, 2.24) is 5.32 Å². The van der Waals surface area contributed by atoms with Crippen molar-refractivity contribution in [2.75, 3.05) is 13.6 Å². The van der Waals surface area contributed by atoms with Gasteiger partial charge in [-0.15, -0.1) is 0 Å². The van der Waals surface area contributed by atoms with E-state index in [1.165, 1.54) is 5.56 Å². The summed E-state index contributed by atoms with van der Waals surface area (Å²) in [4.78, 5) is 11.8. The summed E-state index contributed by atoms with van der Waals surface area (Å²) in [5, 5.41) is 3.05. The first-order chi connectivity index (χ1) is 8.19. The van der Waals surface area contributed by atoms with Crippen LogP contribution in [0.1, 0.15) is 54.9 Å². The Morgan fingerprint density at radius 3 is 2.47 bits per heavy atom. The van der Waals surface area contributed by atoms with Crippen molar-refractivity contribution in [3.8, 4) is 0 Å². The van der Waals surface area contributed by atoms with Crippen LogP contribution in [0.15, 0.2) is 24.3 Å². The van der Waals surface area contributed by atoms with Crippen LogP contribution in [0.4, 0.5) is 0 Å². The second-order valence-electron chi connectivity index (χ2n) is 4.56. The van der Waals surface area contributed by atoms with Crippen LogP contribution in [0, 0.1) is 0 Å². The molecule has 1 aromatic rings. The Hall–Kier alpha value is -1.15. The molecule has 0 aliphatic heterocycles. The molecule has 1 aromatic carbocycles. The summed E-state index contributed by atoms with van der Waals surface area (Å²) in [6.45, 7) is 5.29. The van der Waals surface area contributed by atoms with Crippen molar-refractivity contribution in [1.29, 1.82) is 0 Å². The molecule has 0 heterocycles. The highest BCUT2D eigenvalue weighted by molar-refractivity contribution is 5.96. The van der Waals surface area contributed by atoms with Gasteiger partial charge in [0.25, 0.3) is 0 Å². The molecule has 0 radical (unpaired) electrons. The maximum absolute atomic E-state index is 11.8. The fourth-order valence-electron chi connectivity index (χ4n) is 1.80. The van der Waals surface area contributed by atoms with Gasteiger partial charge in [-0.2, -0.15) is 0 Å². The number of ketones is 1. The molecule has 0 spiro atoms. The van der Waals surface area contributed by atoms with E-state index in [4.69, 9.17) is 0 Å². The molecule has 1 unspecified atom stereocenters. The Bertz CT molecular complexity index is 342. The zero-order chi connectivity index (χ0) is 12.7. The first kappa shape index (κ1) is 13.9. The first-order valence-corrected chi connectivity index (χ1v) is 6.46. The molecule has 0 aliphatic rings. The molecule has 2 heteroatoms. The monoisotopic (exact) mass is 233 g/mol. The molecule has 94 valence electrons. The summed E-state index contributed by atoms with van der Waals surface area (Å²) in [5.74, 6) is 0.819. The van der Waals surface area contributed by atoms with Crippen molar-refractivity contribution in [3.63, 3.8) is 0 Å². The third kappa shape index (κ3) is 4.31. The molecule has 2 nitrogen and oxygen atoms in total. The summed E-state index contributed by atoms with van der Waals surface area (Å²) in [7, 11) is 1.91. The smallest absolute Gasteiger partial charge is 0.162 e. The van der Waals surface area contributed by atoms with E-state index in [1.54, 1.807) is 0 Å². The van der Waals surface area contributed by atoms with E-state index in [1.807, 2.05) is 19.2 Å². The molecular formula is C15H23NO. The Morgan fingerprint density at radius 2 is 1.94 bits per heavy atom. The first-order valence-electron chi connectivity index (χ1n) is 6.46. The van der Waals surface area contributed by atoms with Gasteiger partial charge in [0.15, 0.2) is 5.78 Å². The van der Waals surface area contributed by atoms with Gasteiger partial charge in [0.2, 0.25) is 0 Å². The van der Waals surface area contributed by atoms with E-state index in [-0.39, 0.29) is 5.78 Å². The van der Waals surface area contributed by atoms with Gasteiger partial charge in [0, 0.05) is 12.0 Å². The number of carbonyl (C=O) groups excluding carboxylic acids is 1. The normalized spacial score (nSPS) is 12.4. The topological polar surface area (TPSA) is 29.1 Å². The highest BCUT2D eigenvalue weighted by Crippen LogP contribution is 2.19. The highest BCUT2D eigenvalue weighted by atomic mass is 16.1. The number of benzene rings is 1. The minimum absolute atomic E-state index is 0.246. The third-order valence-electron chi connectivity index (χ3n) is 3.24. The highest BCUT2D eigenvalue weighted by Gasteiger charge is 2.07. The van der Waals surface area contributed by atoms with Crippen LogP contribution in [-0.2, 0) is 0 Å². The SMILES string of the molecule is CCC(C)c1ccc(C(=O)CCCNC)cc1. The van der Waals surface area contributed by atoms with Gasteiger partial charge in [-0.05, 0) is 37.9 Å². The lowest BCUT2D eigenvalue weighted by Crippen LogP contribution is -2.10. The largest absolute Gasteiger partial charge is 0.320 e. The summed E-state index contributed by atoms with van der Waals surface area (Å²) < 4.78 is 0. The number of hydrogen-bond acceptors (Lipinski definition) is 2. The molecule has 1 rings (SSSR count). The summed E-state index contributed by atoms with van der Waals surface area (Å²) in [6, 6.07) is 8.09. The molecule has 1 atom stereocenters. The Balaban J connectivity index is 2.58. The van der Waals surface area contributed by atoms with E-state index in [2.05, 4.69) is 31.3 Å². The van der Waals surface area contributed by atoms with Crippen LogP contribution >= 0.6 is 0 Å². The molecular weight excluding hydrogens is 210 g/mol. The second-order valence-corrected chi connectivity index (χ2v) is 4.56. The van der Waals surface area contributed by atoms with Crippen molar-refractivity contribution in [3.05, 3.63) is 35.4 Å². The predicted molar refractivity (Wildman–Crippen MR) is 72.6 cm³/mol. The van der Waals surface area contributed by atoms with E-state index < -0.39 is 0 Å². The zero-order valence-electron chi connectivity index (χ0n) is 11.1. The molecule has 0 saturated carbocycles. The van der Waals surface area contributed by atoms with Gasteiger partial charge < -0.3 is 5.32 Å². The standard InChI is InChI=1S/C15H23NO/c1-4-12(2)13-7-9-14(10-8-13)15(17)6-5-11-16-3/h7-10,12,16H,4-6,11H2,1-3H3. The van der Waals surface area contributed by atoms with Crippen molar-refractivity contribution >= 4 is 5.78 Å². The van der Waals surface area contributed by atoms with E-state index in [0.717, 1.165) is 24.9 Å². The van der Waals surface area contributed by atoms with Crippen LogP contribution < -0.4 is 5.32 Å². The third-order valence-corrected chi connectivity index (χ3v) is 3.24. The number of hydrogen-bond donors (Lipinski definition) is 1. The minimum atomic E-state index is 0.246. The van der Waals surface area contributed by atoms with Gasteiger partial charge in [-0.1, -0.05) is 38.1 Å². The number of nitrogens with one attached hydrogen (secondary N) is 1. The molecule has 0 saturated heterocycles. The quantitative estimate of drug-likeness (QED) is 0.578. The maximum Gasteiger partial charge on any atom is 0.162 e. The van der Waals surface area contributed by atoms with Crippen LogP contribution in [0.3, 0.4) is 0 Å². The Morgan fingerprint density at radius 1 is 1.29 bits per heavy atom. The average Bonchev–Trinajstić information content (AvgIpc) is 2.38. The van der Waals surface area contributed by atoms with Crippen LogP contribution in [0.5, 0.6) is 0 Å². The van der Waals surface area contributed by atoms with E-state index >= 15 is 0 Å². The predicted octanol–water partition coefficient (Wildman–Crippen LogP) is 3.38. The Kier molecular flexibility index (Phi) is 5.92. The van der Waals surface area contributed by atoms with Crippen molar-refractivity contribution in [2.24, 2.45) is 0 Å². The van der Waals surface area contributed by atoms with Gasteiger partial charge in [0.1, 0.15) is 0 Å². The molecule has 0 aromatic heterocycles. The lowest BCUT2D eigenvalue weighted by atomic mass is 9.96. The summed E-state index contributed by atoms with van der Waals surface area (Å²) >= 11 is 0. The number of rotatable bonds is 7. The zero-order valence-corrected chi connectivity index (χ0v) is 11.1. The van der Waals surface area contributed by atoms with Crippen LogP contribution in [-0.4, -0.2) is 19.4 Å². The van der Waals surface area contributed by atoms with Crippen molar-refractivity contribution < 1.29 is 4.79 Å². The van der Waals surface area contributed by atoms with Gasteiger partial charge in [-0.25, -0.2) is 0 Å². The molecule has 0 aliphatic carbocycles. The fourth-order valence-corrected chi connectivity index (χ4v) is 1.80. The van der Waals surface area contributed by atoms with Crippen molar-refractivity contribution in [2.45, 2.75) is 39.0 Å². The average molecular weight is 233 g/mol. The van der Waals surface area contributed by atoms with Gasteiger partial charge in [0.05, 0.1) is 0 Å². The molecule has 1 N–H and O–H groups in total. The summed E-state index contributed by atoms with van der Waals surface area (Å²) in [5.41, 5.74) is 2.16. The number of carbonyl (C=O) groups is 1. The van der Waals surface area contributed by atoms with Gasteiger partial charge in [-0.3, -0.25) is 4.79 Å². The maximum atomic E-state index is 11.8. The summed E-state index contributed by atoms with van der Waals surface area (Å²) in [6.07, 6.45) is 2.67. The lowest BCUT2D eigenvalue weighted by Gasteiger charge is -2.09.